The fourth-order valence-electron chi connectivity index (χ4n) is 1.47. The number of hydrogen-bond donors (Lipinski definition) is 0. The number of hydrogen-bond acceptors (Lipinski definition) is 4. The molecule has 0 saturated carbocycles. The molecule has 1 heterocycles. The van der Waals surface area contributed by atoms with Crippen LogP contribution in [0.1, 0.15) is 17.3 Å². The molecule has 0 N–H and O–H groups in total. The second-order valence-electron chi connectivity index (χ2n) is 3.17. The monoisotopic (exact) mass is 242 g/mol. The molecule has 0 fully saturated rings. The van der Waals surface area contributed by atoms with Gasteiger partial charge in [0.1, 0.15) is 0 Å². The van der Waals surface area contributed by atoms with Crippen LogP contribution >= 0.6 is 11.8 Å². The fourth-order valence-corrected chi connectivity index (χ4v) is 2.44. The third-order valence-corrected chi connectivity index (χ3v) is 3.20. The van der Waals surface area contributed by atoms with Crippen LogP contribution < -0.4 is 4.74 Å². The Labute approximate surface area is 96.9 Å². The van der Waals surface area contributed by atoms with Gasteiger partial charge in [-0.15, -0.1) is 11.8 Å². The van der Waals surface area contributed by atoms with Gasteiger partial charge in [-0.3, -0.25) is 0 Å². The summed E-state index contributed by atoms with van der Waals surface area (Å²) >= 11 is 1.42. The topological polar surface area (TPSA) is 35.5 Å². The maximum Gasteiger partial charge on any atom is 0.339 e. The van der Waals surface area contributed by atoms with E-state index < -0.39 is 11.8 Å². The molecular weight excluding hydrogens is 231 g/mol. The van der Waals surface area contributed by atoms with E-state index in [2.05, 4.69) is 0 Å². The van der Waals surface area contributed by atoms with Crippen molar-refractivity contribution in [2.45, 2.75) is 11.8 Å². The highest BCUT2D eigenvalue weighted by Gasteiger charge is 2.23. The Bertz CT molecular complexity index is 420. The second-order valence-corrected chi connectivity index (χ2v) is 4.28. The third kappa shape index (κ3) is 2.00. The zero-order valence-electron chi connectivity index (χ0n) is 8.79. The van der Waals surface area contributed by atoms with Gasteiger partial charge in [0.15, 0.2) is 11.6 Å². The normalized spacial score (nSPS) is 13.9. The predicted molar refractivity (Wildman–Crippen MR) is 58.6 cm³/mol. The molecule has 16 heavy (non-hydrogen) atoms. The van der Waals surface area contributed by atoms with Crippen molar-refractivity contribution in [1.29, 1.82) is 0 Å². The molecule has 0 radical (unpaired) electrons. The van der Waals surface area contributed by atoms with Gasteiger partial charge in [0.05, 0.1) is 23.7 Å². The summed E-state index contributed by atoms with van der Waals surface area (Å²) in [5.41, 5.74) is 0.378. The van der Waals surface area contributed by atoms with Crippen molar-refractivity contribution in [1.82, 2.24) is 0 Å². The van der Waals surface area contributed by atoms with Crippen molar-refractivity contribution in [2.75, 3.05) is 19.0 Å². The van der Waals surface area contributed by atoms with E-state index in [1.54, 1.807) is 6.92 Å². The first-order chi connectivity index (χ1) is 7.74. The molecule has 0 amide bonds. The van der Waals surface area contributed by atoms with Crippen LogP contribution in [0.25, 0.3) is 0 Å². The van der Waals surface area contributed by atoms with E-state index in [-0.39, 0.29) is 5.75 Å². The standard InChI is InChI=1S/C11H11FO3S/c1-2-14-11(13)7-3-4-8(12)9-10(7)16-6-5-15-9/h3-4H,2,5-6H2,1H3. The van der Waals surface area contributed by atoms with Crippen LogP contribution in [-0.4, -0.2) is 24.9 Å². The number of halogens is 1. The minimum atomic E-state index is -0.435. The number of fused-ring (bicyclic) bond motifs is 1. The van der Waals surface area contributed by atoms with Gasteiger partial charge in [0.25, 0.3) is 0 Å². The van der Waals surface area contributed by atoms with Crippen LogP contribution in [0.15, 0.2) is 17.0 Å². The number of thioether (sulfide) groups is 1. The predicted octanol–water partition coefficient (Wildman–Crippen LogP) is 2.49. The highest BCUT2D eigenvalue weighted by atomic mass is 32.2. The van der Waals surface area contributed by atoms with Gasteiger partial charge >= 0.3 is 5.97 Å². The lowest BCUT2D eigenvalue weighted by Gasteiger charge is -2.19. The molecule has 1 aromatic rings. The molecule has 1 aliphatic rings. The molecule has 0 saturated heterocycles. The molecule has 0 spiro atoms. The fraction of sp³-hybridized carbons (Fsp3) is 0.364. The van der Waals surface area contributed by atoms with Crippen molar-refractivity contribution in [3.63, 3.8) is 0 Å². The van der Waals surface area contributed by atoms with Crippen LogP contribution in [0, 0.1) is 5.82 Å². The lowest BCUT2D eigenvalue weighted by atomic mass is 10.2. The molecule has 1 aromatic carbocycles. The van der Waals surface area contributed by atoms with E-state index in [1.807, 2.05) is 0 Å². The molecule has 0 unspecified atom stereocenters. The summed E-state index contributed by atoms with van der Waals surface area (Å²) in [5, 5.41) is 0. The van der Waals surface area contributed by atoms with Gasteiger partial charge in [-0.25, -0.2) is 9.18 Å². The van der Waals surface area contributed by atoms with Gasteiger partial charge in [0, 0.05) is 5.75 Å². The molecule has 0 aliphatic carbocycles. The summed E-state index contributed by atoms with van der Waals surface area (Å²) in [6.07, 6.45) is 0. The highest BCUT2D eigenvalue weighted by molar-refractivity contribution is 7.99. The molecular formula is C11H11FO3S. The molecule has 2 rings (SSSR count). The van der Waals surface area contributed by atoms with Crippen molar-refractivity contribution >= 4 is 17.7 Å². The largest absolute Gasteiger partial charge is 0.488 e. The number of rotatable bonds is 2. The Hall–Kier alpha value is -1.23. The van der Waals surface area contributed by atoms with E-state index in [0.29, 0.717) is 29.4 Å². The average molecular weight is 242 g/mol. The smallest absolute Gasteiger partial charge is 0.339 e. The SMILES string of the molecule is CCOC(=O)c1ccc(F)c2c1SCCO2. The van der Waals surface area contributed by atoms with Crippen LogP contribution in [0.3, 0.4) is 0 Å². The molecule has 1 aliphatic heterocycles. The molecule has 5 heteroatoms. The first-order valence-corrected chi connectivity index (χ1v) is 5.97. The van der Waals surface area contributed by atoms with E-state index in [9.17, 15) is 9.18 Å². The van der Waals surface area contributed by atoms with Crippen molar-refractivity contribution in [3.05, 3.63) is 23.5 Å². The van der Waals surface area contributed by atoms with Crippen LogP contribution in [0.5, 0.6) is 5.75 Å². The van der Waals surface area contributed by atoms with Gasteiger partial charge in [-0.1, -0.05) is 0 Å². The summed E-state index contributed by atoms with van der Waals surface area (Å²) in [5.74, 6) is 0.0110. The van der Waals surface area contributed by atoms with Gasteiger partial charge < -0.3 is 9.47 Å². The number of carbonyl (C=O) groups is 1. The van der Waals surface area contributed by atoms with E-state index in [0.717, 1.165) is 0 Å². The van der Waals surface area contributed by atoms with E-state index in [4.69, 9.17) is 9.47 Å². The molecule has 0 bridgehead atoms. The molecule has 3 nitrogen and oxygen atoms in total. The first kappa shape index (κ1) is 11.3. The number of benzene rings is 1. The van der Waals surface area contributed by atoms with E-state index in [1.165, 1.54) is 23.9 Å². The summed E-state index contributed by atoms with van der Waals surface area (Å²) in [6.45, 7) is 2.49. The van der Waals surface area contributed by atoms with Crippen molar-refractivity contribution in [3.8, 4) is 5.75 Å². The summed E-state index contributed by atoms with van der Waals surface area (Å²) < 4.78 is 23.5. The average Bonchev–Trinajstić information content (AvgIpc) is 2.30. The Morgan fingerprint density at radius 1 is 1.62 bits per heavy atom. The Morgan fingerprint density at radius 3 is 3.19 bits per heavy atom. The van der Waals surface area contributed by atoms with Crippen LogP contribution in [-0.2, 0) is 4.74 Å². The second kappa shape index (κ2) is 4.74. The Kier molecular flexibility index (Phi) is 3.33. The zero-order chi connectivity index (χ0) is 11.5. The van der Waals surface area contributed by atoms with Crippen molar-refractivity contribution in [2.24, 2.45) is 0 Å². The van der Waals surface area contributed by atoms with Gasteiger partial charge in [-0.05, 0) is 19.1 Å². The summed E-state index contributed by atoms with van der Waals surface area (Å²) in [7, 11) is 0. The molecule has 0 atom stereocenters. The van der Waals surface area contributed by atoms with Crippen LogP contribution in [0.2, 0.25) is 0 Å². The lowest BCUT2D eigenvalue weighted by molar-refractivity contribution is 0.0521. The quantitative estimate of drug-likeness (QED) is 0.746. The molecule has 0 aromatic heterocycles. The summed E-state index contributed by atoms with van der Waals surface area (Å²) in [4.78, 5) is 12.2. The molecule has 86 valence electrons. The maximum atomic E-state index is 13.4. The summed E-state index contributed by atoms with van der Waals surface area (Å²) in [6, 6.07) is 2.67. The van der Waals surface area contributed by atoms with Crippen LogP contribution in [0.4, 0.5) is 4.39 Å². The first-order valence-electron chi connectivity index (χ1n) is 4.99. The third-order valence-electron chi connectivity index (χ3n) is 2.14. The number of ether oxygens (including phenoxy) is 2. The minimum Gasteiger partial charge on any atom is -0.488 e. The highest BCUT2D eigenvalue weighted by Crippen LogP contribution is 2.38. The minimum absolute atomic E-state index is 0.168. The number of esters is 1. The van der Waals surface area contributed by atoms with Crippen molar-refractivity contribution < 1.29 is 18.7 Å². The Morgan fingerprint density at radius 2 is 2.44 bits per heavy atom. The maximum absolute atomic E-state index is 13.4. The Balaban J connectivity index is 2.42. The lowest BCUT2D eigenvalue weighted by Crippen LogP contribution is -2.13. The van der Waals surface area contributed by atoms with Gasteiger partial charge in [-0.2, -0.15) is 0 Å². The van der Waals surface area contributed by atoms with E-state index >= 15 is 0 Å². The van der Waals surface area contributed by atoms with Gasteiger partial charge in [0.2, 0.25) is 0 Å². The number of carbonyl (C=O) groups excluding carboxylic acids is 1. The zero-order valence-corrected chi connectivity index (χ0v) is 9.60.